The van der Waals surface area contributed by atoms with Gasteiger partial charge in [-0.05, 0) is 42.4 Å². The van der Waals surface area contributed by atoms with Crippen molar-refractivity contribution >= 4 is 5.96 Å². The Balaban J connectivity index is 1.97. The molecule has 0 amide bonds. The molecule has 28 heavy (non-hydrogen) atoms. The number of ether oxygens (including phenoxy) is 4. The van der Waals surface area contributed by atoms with Crippen LogP contribution in [0.25, 0.3) is 0 Å². The standard InChI is InChI=1S/C20H30N4O4/c1-14(10-22-20(24-13-21)23-11-19(26-3)27-4)16-7-8-17(25-2)18(9-16)28-12-15-5-6-15/h7-9,14-15,19H,5-6,10-12H2,1-4H3,(H2,22,23,24). The molecule has 1 saturated carbocycles. The summed E-state index contributed by atoms with van der Waals surface area (Å²) in [6.07, 6.45) is 3.91. The summed E-state index contributed by atoms with van der Waals surface area (Å²) in [7, 11) is 4.74. The van der Waals surface area contributed by atoms with Gasteiger partial charge in [-0.1, -0.05) is 13.0 Å². The number of benzene rings is 1. The van der Waals surface area contributed by atoms with Crippen LogP contribution in [0.15, 0.2) is 23.2 Å². The number of nitriles is 1. The molecule has 1 fully saturated rings. The molecule has 0 saturated heterocycles. The monoisotopic (exact) mass is 390 g/mol. The Hall–Kier alpha value is -2.50. The number of hydrogen-bond acceptors (Lipinski definition) is 6. The van der Waals surface area contributed by atoms with Gasteiger partial charge in [0.05, 0.1) is 20.3 Å². The highest BCUT2D eigenvalue weighted by Gasteiger charge is 2.23. The molecule has 1 unspecified atom stereocenters. The molecular formula is C20H30N4O4. The smallest absolute Gasteiger partial charge is 0.204 e. The Morgan fingerprint density at radius 2 is 2.00 bits per heavy atom. The average molecular weight is 390 g/mol. The second-order valence-electron chi connectivity index (χ2n) is 6.77. The maximum atomic E-state index is 8.93. The lowest BCUT2D eigenvalue weighted by Gasteiger charge is -2.18. The molecule has 1 aromatic rings. The van der Waals surface area contributed by atoms with E-state index in [-0.39, 0.29) is 12.5 Å². The highest BCUT2D eigenvalue weighted by molar-refractivity contribution is 5.81. The Bertz CT molecular complexity index is 681. The Morgan fingerprint density at radius 3 is 2.61 bits per heavy atom. The first-order valence-corrected chi connectivity index (χ1v) is 9.41. The number of guanidine groups is 1. The van der Waals surface area contributed by atoms with Gasteiger partial charge in [-0.3, -0.25) is 5.32 Å². The maximum Gasteiger partial charge on any atom is 0.204 e. The van der Waals surface area contributed by atoms with Crippen molar-refractivity contribution in [2.24, 2.45) is 10.9 Å². The van der Waals surface area contributed by atoms with Crippen LogP contribution in [0.3, 0.4) is 0 Å². The van der Waals surface area contributed by atoms with E-state index in [2.05, 4.69) is 22.5 Å². The second-order valence-corrected chi connectivity index (χ2v) is 6.77. The van der Waals surface area contributed by atoms with Gasteiger partial charge >= 0.3 is 0 Å². The molecule has 0 spiro atoms. The topological polar surface area (TPSA) is 97.1 Å². The third-order valence-corrected chi connectivity index (χ3v) is 4.60. The highest BCUT2D eigenvalue weighted by Crippen LogP contribution is 2.34. The van der Waals surface area contributed by atoms with E-state index in [1.165, 1.54) is 12.8 Å². The zero-order chi connectivity index (χ0) is 20.4. The van der Waals surface area contributed by atoms with Crippen LogP contribution in [0.1, 0.15) is 31.2 Å². The van der Waals surface area contributed by atoms with Crippen molar-refractivity contribution in [2.75, 3.05) is 41.0 Å². The van der Waals surface area contributed by atoms with Crippen LogP contribution in [0.2, 0.25) is 0 Å². The number of hydrogen-bond donors (Lipinski definition) is 2. The number of rotatable bonds is 11. The summed E-state index contributed by atoms with van der Waals surface area (Å²) >= 11 is 0. The third kappa shape index (κ3) is 6.91. The summed E-state index contributed by atoms with van der Waals surface area (Å²) in [5.74, 6) is 2.73. The van der Waals surface area contributed by atoms with Gasteiger partial charge in [0.15, 0.2) is 24.0 Å². The van der Waals surface area contributed by atoms with Gasteiger partial charge in [0.25, 0.3) is 0 Å². The second kappa shape index (κ2) is 11.4. The van der Waals surface area contributed by atoms with Crippen molar-refractivity contribution in [1.82, 2.24) is 10.6 Å². The van der Waals surface area contributed by atoms with Gasteiger partial charge in [0.1, 0.15) is 0 Å². The van der Waals surface area contributed by atoms with E-state index in [0.29, 0.717) is 18.4 Å². The maximum absolute atomic E-state index is 8.93. The minimum atomic E-state index is -0.456. The van der Waals surface area contributed by atoms with Crippen molar-refractivity contribution < 1.29 is 18.9 Å². The zero-order valence-corrected chi connectivity index (χ0v) is 17.0. The zero-order valence-electron chi connectivity index (χ0n) is 17.0. The van der Waals surface area contributed by atoms with Crippen LogP contribution >= 0.6 is 0 Å². The summed E-state index contributed by atoms with van der Waals surface area (Å²) in [4.78, 5) is 4.30. The van der Waals surface area contributed by atoms with Crippen LogP contribution in [0.5, 0.6) is 11.5 Å². The molecule has 0 bridgehead atoms. The Morgan fingerprint density at radius 1 is 1.25 bits per heavy atom. The van der Waals surface area contributed by atoms with Crippen molar-refractivity contribution in [2.45, 2.75) is 32.0 Å². The first-order valence-electron chi connectivity index (χ1n) is 9.41. The fourth-order valence-electron chi connectivity index (χ4n) is 2.58. The molecule has 154 valence electrons. The highest BCUT2D eigenvalue weighted by atomic mass is 16.7. The molecule has 1 atom stereocenters. The van der Waals surface area contributed by atoms with E-state index >= 15 is 0 Å². The number of nitrogens with zero attached hydrogens (tertiary/aromatic N) is 2. The molecule has 1 aromatic carbocycles. The minimum Gasteiger partial charge on any atom is -0.493 e. The van der Waals surface area contributed by atoms with Gasteiger partial charge in [-0.2, -0.15) is 5.26 Å². The van der Waals surface area contributed by atoms with Crippen molar-refractivity contribution in [3.63, 3.8) is 0 Å². The minimum absolute atomic E-state index is 0.167. The Labute approximate surface area is 166 Å². The van der Waals surface area contributed by atoms with Gasteiger partial charge in [-0.25, -0.2) is 4.99 Å². The Kier molecular flexibility index (Phi) is 8.85. The molecule has 1 aliphatic carbocycles. The molecule has 2 N–H and O–H groups in total. The fraction of sp³-hybridized carbons (Fsp3) is 0.600. The summed E-state index contributed by atoms with van der Waals surface area (Å²) in [5.41, 5.74) is 1.11. The molecule has 0 aliphatic heterocycles. The van der Waals surface area contributed by atoms with E-state index < -0.39 is 6.29 Å². The van der Waals surface area contributed by atoms with E-state index in [0.717, 1.165) is 23.7 Å². The molecular weight excluding hydrogens is 360 g/mol. The fourth-order valence-corrected chi connectivity index (χ4v) is 2.58. The summed E-state index contributed by atoms with van der Waals surface area (Å²) in [6, 6.07) is 5.97. The lowest BCUT2D eigenvalue weighted by molar-refractivity contribution is -0.0937. The van der Waals surface area contributed by atoms with Gasteiger partial charge in [-0.15, -0.1) is 0 Å². The van der Waals surface area contributed by atoms with Gasteiger partial charge in [0.2, 0.25) is 5.96 Å². The van der Waals surface area contributed by atoms with E-state index in [9.17, 15) is 0 Å². The first kappa shape index (κ1) is 21.8. The number of methoxy groups -OCH3 is 3. The van der Waals surface area contributed by atoms with E-state index in [1.54, 1.807) is 21.3 Å². The number of nitrogens with one attached hydrogen (secondary N) is 2. The average Bonchev–Trinajstić information content (AvgIpc) is 3.55. The van der Waals surface area contributed by atoms with Crippen LogP contribution < -0.4 is 20.1 Å². The molecule has 0 aromatic heterocycles. The third-order valence-electron chi connectivity index (χ3n) is 4.60. The summed E-state index contributed by atoms with van der Waals surface area (Å²) in [6.45, 7) is 3.69. The number of aliphatic imine (C=N–C) groups is 1. The van der Waals surface area contributed by atoms with Gasteiger partial charge < -0.3 is 24.3 Å². The van der Waals surface area contributed by atoms with Crippen LogP contribution in [-0.2, 0) is 9.47 Å². The molecule has 0 radical (unpaired) electrons. The van der Waals surface area contributed by atoms with Crippen molar-refractivity contribution in [3.8, 4) is 17.7 Å². The summed E-state index contributed by atoms with van der Waals surface area (Å²) in [5, 5.41) is 14.6. The quantitative estimate of drug-likeness (QED) is 0.197. The first-order chi connectivity index (χ1) is 13.6. The SMILES string of the molecule is COc1ccc(C(C)CNC(=NCC(OC)OC)NC#N)cc1OCC1CC1. The molecule has 2 rings (SSSR count). The van der Waals surface area contributed by atoms with Crippen LogP contribution in [-0.4, -0.2) is 53.3 Å². The van der Waals surface area contributed by atoms with E-state index in [1.807, 2.05) is 24.4 Å². The predicted molar refractivity (Wildman–Crippen MR) is 106 cm³/mol. The molecule has 0 heterocycles. The molecule has 8 heteroatoms. The van der Waals surface area contributed by atoms with Gasteiger partial charge in [0, 0.05) is 20.8 Å². The lowest BCUT2D eigenvalue weighted by atomic mass is 10.0. The van der Waals surface area contributed by atoms with Crippen LogP contribution in [0.4, 0.5) is 0 Å². The largest absolute Gasteiger partial charge is 0.493 e. The van der Waals surface area contributed by atoms with Crippen molar-refractivity contribution in [3.05, 3.63) is 23.8 Å². The van der Waals surface area contributed by atoms with Crippen molar-refractivity contribution in [1.29, 1.82) is 5.26 Å². The molecule has 1 aliphatic rings. The normalized spacial score (nSPS) is 15.1. The lowest BCUT2D eigenvalue weighted by Crippen LogP contribution is -2.37. The summed E-state index contributed by atoms with van der Waals surface area (Å²) < 4.78 is 21.6. The van der Waals surface area contributed by atoms with E-state index in [4.69, 9.17) is 24.2 Å². The predicted octanol–water partition coefficient (Wildman–Crippen LogP) is 2.22. The van der Waals surface area contributed by atoms with Crippen LogP contribution in [0, 0.1) is 17.4 Å². The molecule has 8 nitrogen and oxygen atoms in total.